The summed E-state index contributed by atoms with van der Waals surface area (Å²) in [6, 6.07) is 6.65. The predicted molar refractivity (Wildman–Crippen MR) is 74.9 cm³/mol. The maximum atomic E-state index is 11.1. The van der Waals surface area contributed by atoms with Crippen LogP contribution in [0.25, 0.3) is 0 Å². The minimum absolute atomic E-state index is 0.0961. The van der Waals surface area contributed by atoms with Crippen LogP contribution in [0.4, 0.5) is 5.69 Å². The first kappa shape index (κ1) is 15.4. The molecule has 0 bridgehead atoms. The quantitative estimate of drug-likeness (QED) is 0.747. The number of hydrogen-bond acceptors (Lipinski definition) is 4. The molecule has 6 heteroatoms. The molecule has 1 rings (SSSR count). The minimum atomic E-state index is -0.972. The molecular weight excluding hydrogens is 266 g/mol. The topological polar surface area (TPSA) is 77.8 Å². The second-order valence-electron chi connectivity index (χ2n) is 4.05. The Bertz CT molecular complexity index is 464. The normalized spacial score (nSPS) is 11.9. The average Bonchev–Trinajstić information content (AvgIpc) is 2.38. The Hall–Kier alpha value is -1.69. The Balaban J connectivity index is 2.99. The van der Waals surface area contributed by atoms with Crippen molar-refractivity contribution in [2.45, 2.75) is 24.3 Å². The summed E-state index contributed by atoms with van der Waals surface area (Å²) in [6.45, 7) is 1.72. The largest absolute Gasteiger partial charge is 0.481 e. The second kappa shape index (κ2) is 7.04. The highest BCUT2D eigenvalue weighted by molar-refractivity contribution is 7.98. The van der Waals surface area contributed by atoms with Gasteiger partial charge in [-0.25, -0.2) is 4.79 Å². The SMILES string of the molecule is CSc1cccc(N(CCC(=O)O)C(C)C(=O)O)c1. The predicted octanol–water partition coefficient (Wildman–Crippen LogP) is 2.16. The van der Waals surface area contributed by atoms with Crippen LogP contribution in [0.3, 0.4) is 0 Å². The molecule has 1 aromatic carbocycles. The summed E-state index contributed by atoms with van der Waals surface area (Å²) in [5.41, 5.74) is 0.725. The zero-order valence-electron chi connectivity index (χ0n) is 10.9. The van der Waals surface area contributed by atoms with Gasteiger partial charge in [0.2, 0.25) is 0 Å². The van der Waals surface area contributed by atoms with Crippen LogP contribution >= 0.6 is 11.8 Å². The van der Waals surface area contributed by atoms with Crippen LogP contribution in [0.15, 0.2) is 29.2 Å². The number of carbonyl (C=O) groups is 2. The fourth-order valence-corrected chi connectivity index (χ4v) is 2.14. The average molecular weight is 283 g/mol. The lowest BCUT2D eigenvalue weighted by atomic mass is 10.2. The Morgan fingerprint density at radius 2 is 2.05 bits per heavy atom. The van der Waals surface area contributed by atoms with Crippen molar-refractivity contribution in [1.29, 1.82) is 0 Å². The summed E-state index contributed by atoms with van der Waals surface area (Å²) >= 11 is 1.55. The number of nitrogens with zero attached hydrogens (tertiary/aromatic N) is 1. The smallest absolute Gasteiger partial charge is 0.326 e. The van der Waals surface area contributed by atoms with Crippen LogP contribution in [-0.2, 0) is 9.59 Å². The van der Waals surface area contributed by atoms with Gasteiger partial charge in [-0.15, -0.1) is 11.8 Å². The summed E-state index contributed by atoms with van der Waals surface area (Å²) in [5.74, 6) is -1.91. The van der Waals surface area contributed by atoms with Gasteiger partial charge in [-0.05, 0) is 31.4 Å². The number of anilines is 1. The van der Waals surface area contributed by atoms with Crippen molar-refractivity contribution in [3.05, 3.63) is 24.3 Å². The standard InChI is InChI=1S/C13H17NO4S/c1-9(13(17)18)14(7-6-12(15)16)10-4-3-5-11(8-10)19-2/h3-5,8-9H,6-7H2,1-2H3,(H,15,16)(H,17,18). The monoisotopic (exact) mass is 283 g/mol. The minimum Gasteiger partial charge on any atom is -0.481 e. The van der Waals surface area contributed by atoms with Crippen molar-refractivity contribution < 1.29 is 19.8 Å². The van der Waals surface area contributed by atoms with E-state index in [2.05, 4.69) is 0 Å². The highest BCUT2D eigenvalue weighted by atomic mass is 32.2. The fourth-order valence-electron chi connectivity index (χ4n) is 1.68. The highest BCUT2D eigenvalue weighted by Gasteiger charge is 2.21. The van der Waals surface area contributed by atoms with E-state index < -0.39 is 18.0 Å². The number of benzene rings is 1. The van der Waals surface area contributed by atoms with Gasteiger partial charge in [-0.1, -0.05) is 6.07 Å². The van der Waals surface area contributed by atoms with Gasteiger partial charge >= 0.3 is 11.9 Å². The third-order valence-electron chi connectivity index (χ3n) is 2.78. The molecule has 2 N–H and O–H groups in total. The zero-order valence-corrected chi connectivity index (χ0v) is 11.7. The molecule has 0 saturated heterocycles. The van der Waals surface area contributed by atoms with E-state index >= 15 is 0 Å². The van der Waals surface area contributed by atoms with Crippen LogP contribution in [0.2, 0.25) is 0 Å². The number of rotatable bonds is 7. The van der Waals surface area contributed by atoms with Crippen molar-refractivity contribution in [2.24, 2.45) is 0 Å². The molecule has 0 amide bonds. The van der Waals surface area contributed by atoms with Gasteiger partial charge < -0.3 is 15.1 Å². The Morgan fingerprint density at radius 1 is 1.37 bits per heavy atom. The van der Waals surface area contributed by atoms with Crippen LogP contribution < -0.4 is 4.90 Å². The lowest BCUT2D eigenvalue weighted by Gasteiger charge is -2.28. The molecule has 104 valence electrons. The van der Waals surface area contributed by atoms with Gasteiger partial charge in [0.25, 0.3) is 0 Å². The molecule has 0 aliphatic rings. The molecule has 1 atom stereocenters. The molecular formula is C13H17NO4S. The first-order chi connectivity index (χ1) is 8.95. The maximum Gasteiger partial charge on any atom is 0.326 e. The van der Waals surface area contributed by atoms with E-state index in [1.54, 1.807) is 29.7 Å². The number of carboxylic acid groups (broad SMARTS) is 2. The molecule has 0 fully saturated rings. The van der Waals surface area contributed by atoms with E-state index in [0.29, 0.717) is 0 Å². The Labute approximate surface area is 116 Å². The van der Waals surface area contributed by atoms with Crippen molar-refractivity contribution in [3.63, 3.8) is 0 Å². The first-order valence-corrected chi connectivity index (χ1v) is 7.03. The Kier molecular flexibility index (Phi) is 5.69. The summed E-state index contributed by atoms with van der Waals surface area (Å²) < 4.78 is 0. The highest BCUT2D eigenvalue weighted by Crippen LogP contribution is 2.24. The molecule has 0 aromatic heterocycles. The third-order valence-corrected chi connectivity index (χ3v) is 3.50. The van der Waals surface area contributed by atoms with E-state index in [1.807, 2.05) is 24.5 Å². The third kappa shape index (κ3) is 4.48. The zero-order chi connectivity index (χ0) is 14.4. The lowest BCUT2D eigenvalue weighted by molar-refractivity contribution is -0.139. The number of hydrogen-bond donors (Lipinski definition) is 2. The first-order valence-electron chi connectivity index (χ1n) is 5.81. The van der Waals surface area contributed by atoms with Gasteiger partial charge in [0, 0.05) is 17.1 Å². The van der Waals surface area contributed by atoms with E-state index in [-0.39, 0.29) is 13.0 Å². The van der Waals surface area contributed by atoms with Gasteiger partial charge in [0.15, 0.2) is 0 Å². The van der Waals surface area contributed by atoms with Gasteiger partial charge in [0.05, 0.1) is 6.42 Å². The molecule has 19 heavy (non-hydrogen) atoms. The summed E-state index contributed by atoms with van der Waals surface area (Å²) in [6.07, 6.45) is 1.84. The number of aliphatic carboxylic acids is 2. The fraction of sp³-hybridized carbons (Fsp3) is 0.385. The molecule has 1 aromatic rings. The van der Waals surface area contributed by atoms with Crippen LogP contribution in [0.5, 0.6) is 0 Å². The van der Waals surface area contributed by atoms with E-state index in [4.69, 9.17) is 10.2 Å². The van der Waals surface area contributed by atoms with Crippen LogP contribution in [0, 0.1) is 0 Å². The molecule has 0 heterocycles. The van der Waals surface area contributed by atoms with E-state index in [1.165, 1.54) is 0 Å². The number of thioether (sulfide) groups is 1. The lowest BCUT2D eigenvalue weighted by Crippen LogP contribution is -2.40. The summed E-state index contributed by atoms with van der Waals surface area (Å²) in [7, 11) is 0. The van der Waals surface area contributed by atoms with Gasteiger partial charge in [-0.2, -0.15) is 0 Å². The van der Waals surface area contributed by atoms with Crippen molar-refractivity contribution in [3.8, 4) is 0 Å². The molecule has 0 aliphatic carbocycles. The second-order valence-corrected chi connectivity index (χ2v) is 4.93. The van der Waals surface area contributed by atoms with E-state index in [9.17, 15) is 9.59 Å². The summed E-state index contributed by atoms with van der Waals surface area (Å²) in [5, 5.41) is 17.9. The van der Waals surface area contributed by atoms with E-state index in [0.717, 1.165) is 10.6 Å². The van der Waals surface area contributed by atoms with Crippen LogP contribution in [0.1, 0.15) is 13.3 Å². The number of carboxylic acids is 2. The van der Waals surface area contributed by atoms with Crippen molar-refractivity contribution in [2.75, 3.05) is 17.7 Å². The molecule has 0 radical (unpaired) electrons. The molecule has 0 saturated carbocycles. The Morgan fingerprint density at radius 3 is 2.58 bits per heavy atom. The van der Waals surface area contributed by atoms with Crippen molar-refractivity contribution in [1.82, 2.24) is 0 Å². The van der Waals surface area contributed by atoms with Gasteiger partial charge in [0.1, 0.15) is 6.04 Å². The molecule has 0 aliphatic heterocycles. The maximum absolute atomic E-state index is 11.1. The van der Waals surface area contributed by atoms with Crippen LogP contribution in [-0.4, -0.2) is 41.0 Å². The summed E-state index contributed by atoms with van der Waals surface area (Å²) in [4.78, 5) is 24.4. The molecule has 5 nitrogen and oxygen atoms in total. The molecule has 1 unspecified atom stereocenters. The van der Waals surface area contributed by atoms with Gasteiger partial charge in [-0.3, -0.25) is 4.79 Å². The van der Waals surface area contributed by atoms with Crippen molar-refractivity contribution >= 4 is 29.4 Å². The molecule has 0 spiro atoms.